The molecule has 0 radical (unpaired) electrons. The number of hydrogen-bond donors (Lipinski definition) is 1. The van der Waals surface area contributed by atoms with Crippen molar-refractivity contribution in [3.63, 3.8) is 0 Å². The molecule has 0 saturated carbocycles. The molecule has 1 aromatic carbocycles. The molecule has 0 fully saturated rings. The molecule has 0 spiro atoms. The Balaban J connectivity index is 2.70. The van der Waals surface area contributed by atoms with E-state index in [1.807, 2.05) is 6.92 Å². The number of rotatable bonds is 7. The van der Waals surface area contributed by atoms with Crippen molar-refractivity contribution in [3.05, 3.63) is 35.6 Å². The fourth-order valence-electron chi connectivity index (χ4n) is 1.70. The van der Waals surface area contributed by atoms with E-state index in [4.69, 9.17) is 0 Å². The summed E-state index contributed by atoms with van der Waals surface area (Å²) >= 11 is 0. The highest BCUT2D eigenvalue weighted by Crippen LogP contribution is 2.12. The highest BCUT2D eigenvalue weighted by atomic mass is 32.2. The minimum Gasteiger partial charge on any atom is -0.316 e. The van der Waals surface area contributed by atoms with E-state index in [1.165, 1.54) is 16.4 Å². The number of hydrogen-bond acceptors (Lipinski definition) is 3. The first-order valence-corrected chi connectivity index (χ1v) is 7.78. The average Bonchev–Trinajstić information content (AvgIpc) is 2.38. The number of halogens is 1. The molecule has 19 heavy (non-hydrogen) atoms. The van der Waals surface area contributed by atoms with E-state index in [2.05, 4.69) is 5.32 Å². The molecule has 0 aromatic heterocycles. The Labute approximate surface area is 114 Å². The number of nitrogens with zero attached hydrogens (tertiary/aromatic N) is 1. The molecule has 108 valence electrons. The van der Waals surface area contributed by atoms with Crippen molar-refractivity contribution in [1.82, 2.24) is 9.62 Å². The zero-order chi connectivity index (χ0) is 14.5. The first-order chi connectivity index (χ1) is 8.87. The molecular weight excluding hydrogens is 267 g/mol. The van der Waals surface area contributed by atoms with Gasteiger partial charge in [0.2, 0.25) is 10.0 Å². The van der Waals surface area contributed by atoms with Gasteiger partial charge >= 0.3 is 0 Å². The highest BCUT2D eigenvalue weighted by Gasteiger charge is 2.25. The van der Waals surface area contributed by atoms with Gasteiger partial charge in [0.15, 0.2) is 0 Å². The molecule has 0 saturated heterocycles. The maximum atomic E-state index is 12.8. The third-order valence-corrected chi connectivity index (χ3v) is 5.12. The predicted octanol–water partition coefficient (Wildman–Crippen LogP) is 1.59. The molecule has 0 aliphatic heterocycles. The van der Waals surface area contributed by atoms with Crippen molar-refractivity contribution in [2.45, 2.75) is 25.6 Å². The standard InChI is InChI=1S/C13H21FN2O2S/c1-4-15-9-11(2)19(17,18)16(3)10-12-5-7-13(14)8-6-12/h5-8,11,15H,4,9-10H2,1-3H3. The second-order valence-electron chi connectivity index (χ2n) is 4.55. The van der Waals surface area contributed by atoms with Gasteiger partial charge in [-0.2, -0.15) is 0 Å². The van der Waals surface area contributed by atoms with Gasteiger partial charge in [0, 0.05) is 20.1 Å². The minimum absolute atomic E-state index is 0.249. The summed E-state index contributed by atoms with van der Waals surface area (Å²) in [7, 11) is -1.80. The van der Waals surface area contributed by atoms with Crippen molar-refractivity contribution in [1.29, 1.82) is 0 Å². The van der Waals surface area contributed by atoms with E-state index in [1.54, 1.807) is 26.1 Å². The van der Waals surface area contributed by atoms with Crippen LogP contribution in [-0.2, 0) is 16.6 Å². The molecule has 0 heterocycles. The Hall–Kier alpha value is -0.980. The van der Waals surface area contributed by atoms with Crippen LogP contribution in [0.1, 0.15) is 19.4 Å². The van der Waals surface area contributed by atoms with Gasteiger partial charge in [-0.15, -0.1) is 0 Å². The Bertz CT molecular complexity index is 488. The Morgan fingerprint density at radius 3 is 2.42 bits per heavy atom. The number of nitrogens with one attached hydrogen (secondary N) is 1. The van der Waals surface area contributed by atoms with Crippen molar-refractivity contribution in [3.8, 4) is 0 Å². The molecule has 0 amide bonds. The van der Waals surface area contributed by atoms with E-state index in [-0.39, 0.29) is 12.4 Å². The lowest BCUT2D eigenvalue weighted by Crippen LogP contribution is -2.39. The van der Waals surface area contributed by atoms with Gasteiger partial charge in [0.1, 0.15) is 5.82 Å². The summed E-state index contributed by atoms with van der Waals surface area (Å²) in [5.41, 5.74) is 0.767. The summed E-state index contributed by atoms with van der Waals surface area (Å²) < 4.78 is 38.5. The molecule has 1 atom stereocenters. The first kappa shape index (κ1) is 16.1. The summed E-state index contributed by atoms with van der Waals surface area (Å²) in [5.74, 6) is -0.324. The van der Waals surface area contributed by atoms with Crippen molar-refractivity contribution in [2.75, 3.05) is 20.1 Å². The third kappa shape index (κ3) is 4.56. The maximum absolute atomic E-state index is 12.8. The lowest BCUT2D eigenvalue weighted by atomic mass is 10.2. The van der Waals surface area contributed by atoms with Gasteiger partial charge in [-0.25, -0.2) is 17.1 Å². The van der Waals surface area contributed by atoms with E-state index < -0.39 is 15.3 Å². The van der Waals surface area contributed by atoms with Crippen LogP contribution in [0.15, 0.2) is 24.3 Å². The van der Waals surface area contributed by atoms with Gasteiger partial charge in [-0.05, 0) is 31.2 Å². The summed E-state index contributed by atoms with van der Waals surface area (Å²) in [6.45, 7) is 5.02. The summed E-state index contributed by atoms with van der Waals surface area (Å²) in [5, 5.41) is 2.54. The average molecular weight is 288 g/mol. The van der Waals surface area contributed by atoms with E-state index >= 15 is 0 Å². The molecule has 0 aliphatic carbocycles. The first-order valence-electron chi connectivity index (χ1n) is 6.28. The molecule has 6 heteroatoms. The van der Waals surface area contributed by atoms with E-state index in [0.29, 0.717) is 6.54 Å². The number of sulfonamides is 1. The van der Waals surface area contributed by atoms with Crippen molar-refractivity contribution < 1.29 is 12.8 Å². The molecule has 1 unspecified atom stereocenters. The third-order valence-electron chi connectivity index (χ3n) is 2.94. The molecule has 1 aromatic rings. The second-order valence-corrected chi connectivity index (χ2v) is 7.00. The Morgan fingerprint density at radius 1 is 1.32 bits per heavy atom. The van der Waals surface area contributed by atoms with Crippen LogP contribution in [0, 0.1) is 5.82 Å². The van der Waals surface area contributed by atoms with Crippen LogP contribution in [0.4, 0.5) is 4.39 Å². The zero-order valence-electron chi connectivity index (χ0n) is 11.6. The summed E-state index contributed by atoms with van der Waals surface area (Å²) in [4.78, 5) is 0. The van der Waals surface area contributed by atoms with Crippen LogP contribution in [0.3, 0.4) is 0 Å². The van der Waals surface area contributed by atoms with Crippen LogP contribution in [-0.4, -0.2) is 38.1 Å². The molecule has 0 aliphatic rings. The normalized spacial score (nSPS) is 13.7. The zero-order valence-corrected chi connectivity index (χ0v) is 12.4. The predicted molar refractivity (Wildman–Crippen MR) is 74.8 cm³/mol. The van der Waals surface area contributed by atoms with Crippen LogP contribution in [0.2, 0.25) is 0 Å². The molecule has 4 nitrogen and oxygen atoms in total. The smallest absolute Gasteiger partial charge is 0.218 e. The highest BCUT2D eigenvalue weighted by molar-refractivity contribution is 7.89. The topological polar surface area (TPSA) is 49.4 Å². The summed E-state index contributed by atoms with van der Waals surface area (Å²) in [6, 6.07) is 5.85. The molecule has 0 bridgehead atoms. The van der Waals surface area contributed by atoms with Gasteiger partial charge < -0.3 is 5.32 Å². The lowest BCUT2D eigenvalue weighted by molar-refractivity contribution is 0.454. The number of benzene rings is 1. The quantitative estimate of drug-likeness (QED) is 0.829. The second kappa shape index (κ2) is 6.98. The van der Waals surface area contributed by atoms with Crippen LogP contribution in [0.25, 0.3) is 0 Å². The van der Waals surface area contributed by atoms with E-state index in [9.17, 15) is 12.8 Å². The van der Waals surface area contributed by atoms with E-state index in [0.717, 1.165) is 12.1 Å². The summed E-state index contributed by atoms with van der Waals surface area (Å²) in [6.07, 6.45) is 0. The SMILES string of the molecule is CCNCC(C)S(=O)(=O)N(C)Cc1ccc(F)cc1. The van der Waals surface area contributed by atoms with Crippen molar-refractivity contribution in [2.24, 2.45) is 0 Å². The molecule has 1 rings (SSSR count). The van der Waals surface area contributed by atoms with Crippen LogP contribution < -0.4 is 5.32 Å². The van der Waals surface area contributed by atoms with Crippen LogP contribution in [0.5, 0.6) is 0 Å². The fraction of sp³-hybridized carbons (Fsp3) is 0.538. The minimum atomic E-state index is -3.34. The monoisotopic (exact) mass is 288 g/mol. The van der Waals surface area contributed by atoms with Gasteiger partial charge in [-0.1, -0.05) is 19.1 Å². The van der Waals surface area contributed by atoms with Gasteiger partial charge in [0.05, 0.1) is 5.25 Å². The van der Waals surface area contributed by atoms with Crippen molar-refractivity contribution >= 4 is 10.0 Å². The molecule has 1 N–H and O–H groups in total. The maximum Gasteiger partial charge on any atom is 0.218 e. The Kier molecular flexibility index (Phi) is 5.90. The van der Waals surface area contributed by atoms with Gasteiger partial charge in [-0.3, -0.25) is 0 Å². The van der Waals surface area contributed by atoms with Gasteiger partial charge in [0.25, 0.3) is 0 Å². The lowest BCUT2D eigenvalue weighted by Gasteiger charge is -2.22. The Morgan fingerprint density at radius 2 is 1.89 bits per heavy atom. The van der Waals surface area contributed by atoms with Crippen LogP contribution >= 0.6 is 0 Å². The molecular formula is C13H21FN2O2S. The largest absolute Gasteiger partial charge is 0.316 e. The fourth-order valence-corrected chi connectivity index (χ4v) is 2.97.